The van der Waals surface area contributed by atoms with Crippen LogP contribution in [0.25, 0.3) is 0 Å². The average molecular weight is 178 g/mol. The van der Waals surface area contributed by atoms with E-state index in [1.165, 1.54) is 30.5 Å². The second-order valence-corrected chi connectivity index (χ2v) is 4.19. The van der Waals surface area contributed by atoms with Gasteiger partial charge in [0.15, 0.2) is 0 Å². The highest BCUT2D eigenvalue weighted by molar-refractivity contribution is 5.33. The van der Waals surface area contributed by atoms with Crippen LogP contribution in [-0.2, 0) is 19.9 Å². The highest BCUT2D eigenvalue weighted by Gasteiger charge is 2.21. The molecule has 72 valence electrons. The lowest BCUT2D eigenvalue weighted by Crippen LogP contribution is -2.23. The maximum Gasteiger partial charge on any atom is 0.0209 e. The number of nitrogens with zero attached hydrogens (tertiary/aromatic N) is 1. The Morgan fingerprint density at radius 1 is 1.62 bits per heavy atom. The number of fused-ring (bicyclic) bond motifs is 1. The zero-order chi connectivity index (χ0) is 9.42. The molecule has 1 aromatic rings. The zero-order valence-corrected chi connectivity index (χ0v) is 8.51. The second kappa shape index (κ2) is 3.18. The van der Waals surface area contributed by atoms with Gasteiger partial charge in [0.2, 0.25) is 0 Å². The van der Waals surface area contributed by atoms with Crippen molar-refractivity contribution in [1.82, 2.24) is 4.57 Å². The van der Waals surface area contributed by atoms with E-state index in [2.05, 4.69) is 24.7 Å². The fourth-order valence-electron chi connectivity index (χ4n) is 2.42. The molecule has 2 N–H and O–H groups in total. The maximum atomic E-state index is 5.71. The Labute approximate surface area is 79.7 Å². The highest BCUT2D eigenvalue weighted by atomic mass is 14.9. The van der Waals surface area contributed by atoms with Crippen molar-refractivity contribution in [3.8, 4) is 0 Å². The first-order valence-corrected chi connectivity index (χ1v) is 5.06. The molecule has 2 rings (SSSR count). The van der Waals surface area contributed by atoms with Gasteiger partial charge in [-0.05, 0) is 49.8 Å². The molecule has 1 aliphatic carbocycles. The van der Waals surface area contributed by atoms with E-state index in [0.29, 0.717) is 5.92 Å². The normalized spacial score (nSPS) is 21.6. The van der Waals surface area contributed by atoms with Crippen molar-refractivity contribution in [1.29, 1.82) is 0 Å². The molecule has 2 nitrogen and oxygen atoms in total. The minimum absolute atomic E-state index is 0.709. The van der Waals surface area contributed by atoms with Crippen LogP contribution in [0.2, 0.25) is 0 Å². The van der Waals surface area contributed by atoms with Crippen LogP contribution in [-0.4, -0.2) is 11.1 Å². The predicted octanol–water partition coefficient (Wildman–Crippen LogP) is 1.40. The summed E-state index contributed by atoms with van der Waals surface area (Å²) >= 11 is 0. The van der Waals surface area contributed by atoms with Crippen molar-refractivity contribution < 1.29 is 0 Å². The Morgan fingerprint density at radius 3 is 3.08 bits per heavy atom. The summed E-state index contributed by atoms with van der Waals surface area (Å²) in [5, 5.41) is 0. The van der Waals surface area contributed by atoms with Crippen LogP contribution in [0.4, 0.5) is 0 Å². The number of aromatic nitrogens is 1. The summed E-state index contributed by atoms with van der Waals surface area (Å²) in [5.74, 6) is 0.709. The quantitative estimate of drug-likeness (QED) is 0.692. The molecule has 1 atom stereocenters. The summed E-state index contributed by atoms with van der Waals surface area (Å²) < 4.78 is 2.27. The molecule has 13 heavy (non-hydrogen) atoms. The van der Waals surface area contributed by atoms with E-state index in [4.69, 9.17) is 5.73 Å². The van der Waals surface area contributed by atoms with Gasteiger partial charge in [0.25, 0.3) is 0 Å². The summed E-state index contributed by atoms with van der Waals surface area (Å²) in [4.78, 5) is 0. The molecule has 0 aliphatic heterocycles. The average Bonchev–Trinajstić information content (AvgIpc) is 2.42. The fraction of sp³-hybridized carbons (Fsp3) is 0.636. The van der Waals surface area contributed by atoms with E-state index in [9.17, 15) is 0 Å². The third-order valence-corrected chi connectivity index (χ3v) is 3.26. The molecule has 0 aromatic carbocycles. The molecule has 0 radical (unpaired) electrons. The fourth-order valence-corrected chi connectivity index (χ4v) is 2.42. The summed E-state index contributed by atoms with van der Waals surface area (Å²) in [5.41, 5.74) is 10.2. The molecule has 0 saturated carbocycles. The molecule has 0 bridgehead atoms. The molecule has 1 heterocycles. The van der Waals surface area contributed by atoms with Crippen molar-refractivity contribution >= 4 is 0 Å². The third-order valence-electron chi connectivity index (χ3n) is 3.26. The third kappa shape index (κ3) is 1.39. The zero-order valence-electron chi connectivity index (χ0n) is 8.51. The highest BCUT2D eigenvalue weighted by Crippen LogP contribution is 2.28. The van der Waals surface area contributed by atoms with Crippen LogP contribution in [0, 0.1) is 12.8 Å². The number of aryl methyl sites for hydroxylation is 2. The van der Waals surface area contributed by atoms with Gasteiger partial charge in [-0.15, -0.1) is 0 Å². The van der Waals surface area contributed by atoms with E-state index in [0.717, 1.165) is 6.54 Å². The largest absolute Gasteiger partial charge is 0.354 e. The maximum absolute atomic E-state index is 5.71. The lowest BCUT2D eigenvalue weighted by molar-refractivity contribution is 0.455. The lowest BCUT2D eigenvalue weighted by atomic mass is 9.87. The van der Waals surface area contributed by atoms with E-state index in [1.807, 2.05) is 0 Å². The first kappa shape index (κ1) is 8.82. The van der Waals surface area contributed by atoms with E-state index in [1.54, 1.807) is 5.56 Å². The number of hydrogen-bond donors (Lipinski definition) is 1. The minimum Gasteiger partial charge on any atom is -0.354 e. The van der Waals surface area contributed by atoms with E-state index < -0.39 is 0 Å². The van der Waals surface area contributed by atoms with Crippen LogP contribution in [0.1, 0.15) is 23.2 Å². The summed E-state index contributed by atoms with van der Waals surface area (Å²) in [6, 6.07) is 0. The molecule has 1 unspecified atom stereocenters. The van der Waals surface area contributed by atoms with Gasteiger partial charge in [0, 0.05) is 18.9 Å². The van der Waals surface area contributed by atoms with Crippen LogP contribution in [0.15, 0.2) is 6.20 Å². The number of nitrogens with two attached hydrogens (primary N) is 1. The number of hydrogen-bond acceptors (Lipinski definition) is 1. The van der Waals surface area contributed by atoms with Gasteiger partial charge >= 0.3 is 0 Å². The summed E-state index contributed by atoms with van der Waals surface area (Å²) in [7, 11) is 2.14. The van der Waals surface area contributed by atoms with Crippen molar-refractivity contribution in [2.24, 2.45) is 18.7 Å². The minimum atomic E-state index is 0.709. The number of rotatable bonds is 1. The Balaban J connectivity index is 2.33. The van der Waals surface area contributed by atoms with Gasteiger partial charge in [-0.1, -0.05) is 0 Å². The van der Waals surface area contributed by atoms with Crippen molar-refractivity contribution in [2.75, 3.05) is 6.54 Å². The predicted molar refractivity (Wildman–Crippen MR) is 54.7 cm³/mol. The first-order chi connectivity index (χ1) is 6.22. The molecule has 0 saturated heterocycles. The Hall–Kier alpha value is -0.760. The molecule has 0 spiro atoms. The Bertz CT molecular complexity index is 312. The molecule has 0 amide bonds. The molecule has 1 aliphatic rings. The van der Waals surface area contributed by atoms with Gasteiger partial charge < -0.3 is 10.3 Å². The van der Waals surface area contributed by atoms with Crippen molar-refractivity contribution in [3.05, 3.63) is 23.0 Å². The molecule has 1 aromatic heterocycles. The van der Waals surface area contributed by atoms with Gasteiger partial charge in [-0.25, -0.2) is 0 Å². The summed E-state index contributed by atoms with van der Waals surface area (Å²) in [6.45, 7) is 3.05. The van der Waals surface area contributed by atoms with Crippen LogP contribution in [0.3, 0.4) is 0 Å². The molecular weight excluding hydrogens is 160 g/mol. The van der Waals surface area contributed by atoms with Crippen LogP contribution in [0.5, 0.6) is 0 Å². The van der Waals surface area contributed by atoms with Gasteiger partial charge in [0.1, 0.15) is 0 Å². The second-order valence-electron chi connectivity index (χ2n) is 4.19. The Morgan fingerprint density at radius 2 is 2.38 bits per heavy atom. The smallest absolute Gasteiger partial charge is 0.0209 e. The SMILES string of the molecule is Cc1cn(C)c2c1CCC(CN)C2. The Kier molecular flexibility index (Phi) is 2.16. The van der Waals surface area contributed by atoms with Gasteiger partial charge in [-0.3, -0.25) is 0 Å². The first-order valence-electron chi connectivity index (χ1n) is 5.06. The molecule has 0 fully saturated rings. The van der Waals surface area contributed by atoms with E-state index in [-0.39, 0.29) is 0 Å². The van der Waals surface area contributed by atoms with Gasteiger partial charge in [0.05, 0.1) is 0 Å². The standard InChI is InChI=1S/C11H18N2/c1-8-7-13(2)11-5-9(6-12)3-4-10(8)11/h7,9H,3-6,12H2,1-2H3. The summed E-state index contributed by atoms with van der Waals surface area (Å²) in [6.07, 6.45) is 5.91. The van der Waals surface area contributed by atoms with Crippen LogP contribution >= 0.6 is 0 Å². The topological polar surface area (TPSA) is 30.9 Å². The van der Waals surface area contributed by atoms with Crippen molar-refractivity contribution in [3.63, 3.8) is 0 Å². The molecular formula is C11H18N2. The van der Waals surface area contributed by atoms with Crippen LogP contribution < -0.4 is 5.73 Å². The van der Waals surface area contributed by atoms with Crippen molar-refractivity contribution in [2.45, 2.75) is 26.2 Å². The molecule has 2 heteroatoms. The van der Waals surface area contributed by atoms with E-state index >= 15 is 0 Å². The lowest BCUT2D eigenvalue weighted by Gasteiger charge is -2.22. The van der Waals surface area contributed by atoms with Gasteiger partial charge in [-0.2, -0.15) is 0 Å². The monoisotopic (exact) mass is 178 g/mol.